The highest BCUT2D eigenvalue weighted by Crippen LogP contribution is 2.18. The predicted molar refractivity (Wildman–Crippen MR) is 85.3 cm³/mol. The number of thiophene rings is 1. The number of rotatable bonds is 7. The molecule has 2 N–H and O–H groups in total. The molecule has 0 spiro atoms. The molecule has 0 aliphatic heterocycles. The van der Waals surface area contributed by atoms with Crippen LogP contribution in [-0.2, 0) is 6.54 Å². The standard InChI is InChI=1S/C16H26N2S/c1-4-5-6-10-18(14(2)3)12-16-11-15(13-19-16)8-7-9-17/h11,13-14H,4-6,9-10,12,17H2,1-3H3. The molecular weight excluding hydrogens is 252 g/mol. The van der Waals surface area contributed by atoms with Gasteiger partial charge >= 0.3 is 0 Å². The van der Waals surface area contributed by atoms with Crippen LogP contribution in [0.5, 0.6) is 0 Å². The van der Waals surface area contributed by atoms with E-state index < -0.39 is 0 Å². The van der Waals surface area contributed by atoms with Crippen LogP contribution >= 0.6 is 11.3 Å². The number of nitrogens with zero attached hydrogens (tertiary/aromatic N) is 1. The van der Waals surface area contributed by atoms with Gasteiger partial charge in [0.2, 0.25) is 0 Å². The Kier molecular flexibility index (Phi) is 7.81. The van der Waals surface area contributed by atoms with E-state index in [1.54, 1.807) is 11.3 Å². The van der Waals surface area contributed by atoms with Crippen LogP contribution in [0.4, 0.5) is 0 Å². The monoisotopic (exact) mass is 278 g/mol. The molecule has 1 aromatic heterocycles. The minimum absolute atomic E-state index is 0.431. The van der Waals surface area contributed by atoms with Crippen LogP contribution in [0.25, 0.3) is 0 Å². The molecule has 0 aliphatic carbocycles. The second kappa shape index (κ2) is 9.14. The van der Waals surface area contributed by atoms with E-state index in [9.17, 15) is 0 Å². The van der Waals surface area contributed by atoms with Gasteiger partial charge in [-0.05, 0) is 32.9 Å². The Morgan fingerprint density at radius 2 is 2.16 bits per heavy atom. The maximum atomic E-state index is 5.39. The van der Waals surface area contributed by atoms with Gasteiger partial charge < -0.3 is 5.73 Å². The summed E-state index contributed by atoms with van der Waals surface area (Å²) >= 11 is 1.80. The lowest BCUT2D eigenvalue weighted by Gasteiger charge is -2.25. The summed E-state index contributed by atoms with van der Waals surface area (Å²) in [6.45, 7) is 9.45. The molecule has 0 saturated carbocycles. The molecule has 1 aromatic rings. The minimum atomic E-state index is 0.431. The highest BCUT2D eigenvalue weighted by molar-refractivity contribution is 7.10. The maximum Gasteiger partial charge on any atom is 0.0555 e. The van der Waals surface area contributed by atoms with Gasteiger partial charge in [0.25, 0.3) is 0 Å². The van der Waals surface area contributed by atoms with E-state index in [-0.39, 0.29) is 0 Å². The topological polar surface area (TPSA) is 29.3 Å². The molecule has 0 atom stereocenters. The van der Waals surface area contributed by atoms with Crippen molar-refractivity contribution in [2.45, 2.75) is 52.6 Å². The molecule has 0 bridgehead atoms. The SMILES string of the molecule is CCCCCN(Cc1cc(C#CCN)cs1)C(C)C. The Morgan fingerprint density at radius 3 is 2.79 bits per heavy atom. The molecular formula is C16H26N2S. The van der Waals surface area contributed by atoms with E-state index in [2.05, 4.69) is 49.0 Å². The Labute approximate surface area is 122 Å². The lowest BCUT2D eigenvalue weighted by molar-refractivity contribution is 0.210. The number of unbranched alkanes of at least 4 members (excludes halogenated alkanes) is 2. The zero-order chi connectivity index (χ0) is 14.1. The van der Waals surface area contributed by atoms with E-state index in [1.807, 2.05) is 0 Å². The first kappa shape index (κ1) is 16.2. The highest BCUT2D eigenvalue weighted by atomic mass is 32.1. The fraction of sp³-hybridized carbons (Fsp3) is 0.625. The third-order valence-corrected chi connectivity index (χ3v) is 4.05. The number of hydrogen-bond acceptors (Lipinski definition) is 3. The van der Waals surface area contributed by atoms with Crippen LogP contribution in [0.3, 0.4) is 0 Å². The van der Waals surface area contributed by atoms with Gasteiger partial charge in [-0.3, -0.25) is 4.90 Å². The van der Waals surface area contributed by atoms with Crippen LogP contribution in [0, 0.1) is 11.8 Å². The molecule has 3 heteroatoms. The molecule has 0 amide bonds. The molecule has 0 fully saturated rings. The fourth-order valence-electron chi connectivity index (χ4n) is 1.97. The van der Waals surface area contributed by atoms with E-state index >= 15 is 0 Å². The molecule has 106 valence electrons. The molecule has 0 unspecified atom stereocenters. The maximum absolute atomic E-state index is 5.39. The quantitative estimate of drug-likeness (QED) is 0.611. The average Bonchev–Trinajstić information content (AvgIpc) is 2.83. The van der Waals surface area contributed by atoms with Crippen molar-refractivity contribution in [3.63, 3.8) is 0 Å². The molecule has 0 aliphatic rings. The van der Waals surface area contributed by atoms with Gasteiger partial charge in [-0.15, -0.1) is 11.3 Å². The molecule has 1 heterocycles. The largest absolute Gasteiger partial charge is 0.320 e. The lowest BCUT2D eigenvalue weighted by Crippen LogP contribution is -2.30. The fourth-order valence-corrected chi connectivity index (χ4v) is 2.81. The summed E-state index contributed by atoms with van der Waals surface area (Å²) in [7, 11) is 0. The van der Waals surface area contributed by atoms with Crippen molar-refractivity contribution in [3.05, 3.63) is 21.9 Å². The van der Waals surface area contributed by atoms with Crippen molar-refractivity contribution in [1.82, 2.24) is 4.90 Å². The van der Waals surface area contributed by atoms with Gasteiger partial charge in [0.1, 0.15) is 0 Å². The van der Waals surface area contributed by atoms with E-state index in [1.165, 1.54) is 30.7 Å². The first-order valence-corrected chi connectivity index (χ1v) is 8.05. The Hall–Kier alpha value is -0.820. The van der Waals surface area contributed by atoms with Gasteiger partial charge in [0.15, 0.2) is 0 Å². The van der Waals surface area contributed by atoms with Crippen molar-refractivity contribution < 1.29 is 0 Å². The van der Waals surface area contributed by atoms with Crippen molar-refractivity contribution in [3.8, 4) is 11.8 Å². The number of hydrogen-bond donors (Lipinski definition) is 1. The molecule has 2 nitrogen and oxygen atoms in total. The molecule has 0 aromatic carbocycles. The summed E-state index contributed by atoms with van der Waals surface area (Å²) in [5, 5.41) is 2.13. The first-order chi connectivity index (χ1) is 9.17. The third-order valence-electron chi connectivity index (χ3n) is 3.13. The second-order valence-corrected chi connectivity index (χ2v) is 6.07. The molecule has 0 saturated heterocycles. The van der Waals surface area contributed by atoms with E-state index in [0.717, 1.165) is 12.1 Å². The zero-order valence-corrected chi connectivity index (χ0v) is 13.2. The molecule has 1 rings (SSSR count). The summed E-state index contributed by atoms with van der Waals surface area (Å²) < 4.78 is 0. The summed E-state index contributed by atoms with van der Waals surface area (Å²) in [5.41, 5.74) is 6.49. The Morgan fingerprint density at radius 1 is 1.37 bits per heavy atom. The summed E-state index contributed by atoms with van der Waals surface area (Å²) in [4.78, 5) is 3.94. The van der Waals surface area contributed by atoms with Crippen molar-refractivity contribution in [1.29, 1.82) is 0 Å². The third kappa shape index (κ3) is 6.24. The Balaban J connectivity index is 2.55. The summed E-state index contributed by atoms with van der Waals surface area (Å²) in [6.07, 6.45) is 3.89. The smallest absolute Gasteiger partial charge is 0.0555 e. The van der Waals surface area contributed by atoms with Crippen molar-refractivity contribution in [2.75, 3.05) is 13.1 Å². The molecule has 19 heavy (non-hydrogen) atoms. The van der Waals surface area contributed by atoms with Crippen LogP contribution in [0.15, 0.2) is 11.4 Å². The Bertz CT molecular complexity index is 412. The lowest BCUT2D eigenvalue weighted by atomic mass is 10.2. The van der Waals surface area contributed by atoms with Gasteiger partial charge in [0, 0.05) is 28.4 Å². The highest BCUT2D eigenvalue weighted by Gasteiger charge is 2.10. The van der Waals surface area contributed by atoms with Crippen molar-refractivity contribution >= 4 is 11.3 Å². The van der Waals surface area contributed by atoms with Crippen LogP contribution in [-0.4, -0.2) is 24.0 Å². The van der Waals surface area contributed by atoms with Gasteiger partial charge in [-0.1, -0.05) is 31.6 Å². The second-order valence-electron chi connectivity index (χ2n) is 5.08. The normalized spacial score (nSPS) is 10.8. The van der Waals surface area contributed by atoms with Crippen molar-refractivity contribution in [2.24, 2.45) is 5.73 Å². The van der Waals surface area contributed by atoms with Gasteiger partial charge in [-0.25, -0.2) is 0 Å². The average molecular weight is 278 g/mol. The van der Waals surface area contributed by atoms with E-state index in [0.29, 0.717) is 12.6 Å². The summed E-state index contributed by atoms with van der Waals surface area (Å²) in [5.74, 6) is 6.00. The minimum Gasteiger partial charge on any atom is -0.320 e. The van der Waals surface area contributed by atoms with Gasteiger partial charge in [-0.2, -0.15) is 0 Å². The van der Waals surface area contributed by atoms with Crippen LogP contribution in [0.1, 0.15) is 50.5 Å². The van der Waals surface area contributed by atoms with E-state index in [4.69, 9.17) is 5.73 Å². The predicted octanol–water partition coefficient (Wildman–Crippen LogP) is 3.46. The van der Waals surface area contributed by atoms with Crippen LogP contribution in [0.2, 0.25) is 0 Å². The summed E-state index contributed by atoms with van der Waals surface area (Å²) in [6, 6.07) is 2.79. The molecule has 0 radical (unpaired) electrons. The number of nitrogens with two attached hydrogens (primary N) is 1. The van der Waals surface area contributed by atoms with Gasteiger partial charge in [0.05, 0.1) is 6.54 Å². The first-order valence-electron chi connectivity index (χ1n) is 7.17. The van der Waals surface area contributed by atoms with Crippen LogP contribution < -0.4 is 5.73 Å². The zero-order valence-electron chi connectivity index (χ0n) is 12.4.